The number of hydrogen-bond donors (Lipinski definition) is 2. The number of halogens is 2. The van der Waals surface area contributed by atoms with E-state index in [1.54, 1.807) is 12.1 Å². The third-order valence-corrected chi connectivity index (χ3v) is 6.49. The zero-order chi connectivity index (χ0) is 21.4. The minimum absolute atomic E-state index is 0.108. The molecule has 0 aliphatic heterocycles. The number of rotatable bonds is 6. The summed E-state index contributed by atoms with van der Waals surface area (Å²) in [5.41, 5.74) is 1.20. The second kappa shape index (κ2) is 7.53. The van der Waals surface area contributed by atoms with E-state index in [2.05, 4.69) is 10.0 Å². The molecule has 5 nitrogen and oxygen atoms in total. The molecule has 0 unspecified atom stereocenters. The van der Waals surface area contributed by atoms with Crippen molar-refractivity contribution in [1.82, 2.24) is 0 Å². The minimum atomic E-state index is -4.08. The number of nitrogens with one attached hydrogen (secondary N) is 2. The number of anilines is 2. The molecule has 0 saturated heterocycles. The summed E-state index contributed by atoms with van der Waals surface area (Å²) in [4.78, 5) is 12.4. The predicted molar refractivity (Wildman–Crippen MR) is 110 cm³/mol. The van der Waals surface area contributed by atoms with Gasteiger partial charge in [0.15, 0.2) is 11.6 Å². The van der Waals surface area contributed by atoms with Gasteiger partial charge in [-0.25, -0.2) is 17.2 Å². The van der Waals surface area contributed by atoms with Crippen molar-refractivity contribution < 1.29 is 22.0 Å². The van der Waals surface area contributed by atoms with Crippen LogP contribution in [0.15, 0.2) is 77.7 Å². The maximum absolute atomic E-state index is 13.3. The molecule has 0 heterocycles. The molecule has 0 bridgehead atoms. The van der Waals surface area contributed by atoms with Crippen molar-refractivity contribution in [2.45, 2.75) is 23.2 Å². The normalized spacial score (nSPS) is 14.7. The van der Waals surface area contributed by atoms with Gasteiger partial charge in [-0.1, -0.05) is 30.3 Å². The van der Waals surface area contributed by atoms with Crippen LogP contribution in [0.1, 0.15) is 18.4 Å². The van der Waals surface area contributed by atoms with E-state index in [1.807, 2.05) is 30.3 Å². The Morgan fingerprint density at radius 1 is 0.833 bits per heavy atom. The molecule has 0 radical (unpaired) electrons. The van der Waals surface area contributed by atoms with Gasteiger partial charge in [-0.3, -0.25) is 9.52 Å². The number of sulfonamides is 1. The Balaban J connectivity index is 1.45. The molecular weight excluding hydrogens is 410 g/mol. The topological polar surface area (TPSA) is 75.3 Å². The van der Waals surface area contributed by atoms with Crippen LogP contribution in [0.2, 0.25) is 0 Å². The molecule has 1 aliphatic rings. The van der Waals surface area contributed by atoms with Crippen molar-refractivity contribution in [3.05, 3.63) is 90.0 Å². The van der Waals surface area contributed by atoms with Crippen LogP contribution < -0.4 is 10.0 Å². The Morgan fingerprint density at radius 3 is 2.07 bits per heavy atom. The predicted octanol–water partition coefficient (Wildman–Crippen LogP) is 4.44. The van der Waals surface area contributed by atoms with Gasteiger partial charge >= 0.3 is 0 Å². The van der Waals surface area contributed by atoms with Crippen molar-refractivity contribution in [1.29, 1.82) is 0 Å². The van der Waals surface area contributed by atoms with Crippen LogP contribution in [0.25, 0.3) is 0 Å². The number of carbonyl (C=O) groups is 1. The summed E-state index contributed by atoms with van der Waals surface area (Å²) < 4.78 is 53.4. The summed E-state index contributed by atoms with van der Waals surface area (Å²) >= 11 is 0. The van der Waals surface area contributed by atoms with Crippen molar-refractivity contribution >= 4 is 27.3 Å². The molecule has 0 spiro atoms. The summed E-state index contributed by atoms with van der Waals surface area (Å²) in [7, 11) is -4.08. The fourth-order valence-electron chi connectivity index (χ4n) is 3.26. The van der Waals surface area contributed by atoms with Crippen LogP contribution in [0.5, 0.6) is 0 Å². The highest BCUT2D eigenvalue weighted by Crippen LogP contribution is 2.48. The first kappa shape index (κ1) is 20.0. The zero-order valence-corrected chi connectivity index (χ0v) is 16.5. The van der Waals surface area contributed by atoms with E-state index in [4.69, 9.17) is 0 Å². The molecule has 1 amide bonds. The van der Waals surface area contributed by atoms with Gasteiger partial charge in [0.1, 0.15) is 0 Å². The molecule has 1 fully saturated rings. The van der Waals surface area contributed by atoms with E-state index < -0.39 is 32.0 Å². The molecule has 2 N–H and O–H groups in total. The maximum atomic E-state index is 13.3. The first-order valence-corrected chi connectivity index (χ1v) is 10.7. The lowest BCUT2D eigenvalue weighted by Crippen LogP contribution is -2.27. The van der Waals surface area contributed by atoms with Gasteiger partial charge in [0, 0.05) is 11.4 Å². The lowest BCUT2D eigenvalue weighted by molar-refractivity contribution is -0.118. The molecule has 0 atom stereocenters. The van der Waals surface area contributed by atoms with Gasteiger partial charge in [0.2, 0.25) is 5.91 Å². The smallest absolute Gasteiger partial charge is 0.261 e. The number of carbonyl (C=O) groups excluding carboxylic acids is 1. The van der Waals surface area contributed by atoms with E-state index in [1.165, 1.54) is 12.1 Å². The maximum Gasteiger partial charge on any atom is 0.261 e. The Hall–Kier alpha value is -3.26. The SMILES string of the molecule is O=C(Nc1ccc(NS(=O)(=O)c2ccc(F)c(F)c2)cc1)C1(c2ccccc2)CC1. The second-order valence-corrected chi connectivity index (χ2v) is 8.84. The summed E-state index contributed by atoms with van der Waals surface area (Å²) in [6.45, 7) is 0. The van der Waals surface area contributed by atoms with Crippen LogP contribution in [-0.4, -0.2) is 14.3 Å². The van der Waals surface area contributed by atoms with Gasteiger partial charge in [-0.2, -0.15) is 0 Å². The van der Waals surface area contributed by atoms with Crippen molar-refractivity contribution in [2.24, 2.45) is 0 Å². The number of benzene rings is 3. The van der Waals surface area contributed by atoms with Gasteiger partial charge in [-0.05, 0) is 60.9 Å². The number of hydrogen-bond acceptors (Lipinski definition) is 3. The molecule has 154 valence electrons. The van der Waals surface area contributed by atoms with Crippen molar-refractivity contribution in [3.8, 4) is 0 Å². The Morgan fingerprint density at radius 2 is 1.47 bits per heavy atom. The van der Waals surface area contributed by atoms with E-state index in [0.29, 0.717) is 11.8 Å². The molecular formula is C22H18F2N2O3S. The summed E-state index contributed by atoms with van der Waals surface area (Å²) in [6, 6.07) is 18.0. The van der Waals surface area contributed by atoms with Crippen molar-refractivity contribution in [3.63, 3.8) is 0 Å². The molecule has 4 rings (SSSR count). The van der Waals surface area contributed by atoms with Gasteiger partial charge in [0.25, 0.3) is 10.0 Å². The summed E-state index contributed by atoms with van der Waals surface area (Å²) in [5.74, 6) is -2.48. The zero-order valence-electron chi connectivity index (χ0n) is 15.7. The summed E-state index contributed by atoms with van der Waals surface area (Å²) in [6.07, 6.45) is 1.55. The van der Waals surface area contributed by atoms with E-state index in [0.717, 1.165) is 30.5 Å². The number of amides is 1. The van der Waals surface area contributed by atoms with E-state index in [9.17, 15) is 22.0 Å². The quantitative estimate of drug-likeness (QED) is 0.610. The molecule has 30 heavy (non-hydrogen) atoms. The highest BCUT2D eigenvalue weighted by molar-refractivity contribution is 7.92. The molecule has 3 aromatic carbocycles. The highest BCUT2D eigenvalue weighted by Gasteiger charge is 2.51. The van der Waals surface area contributed by atoms with Crippen LogP contribution in [0.4, 0.5) is 20.2 Å². The standard InChI is InChI=1S/C22H18F2N2O3S/c23-19-11-10-18(14-20(19)24)30(28,29)26-17-8-6-16(7-9-17)25-21(27)22(12-13-22)15-4-2-1-3-5-15/h1-11,14,26H,12-13H2,(H,25,27). The monoisotopic (exact) mass is 428 g/mol. The van der Waals surface area contributed by atoms with E-state index >= 15 is 0 Å². The minimum Gasteiger partial charge on any atom is -0.325 e. The molecule has 3 aromatic rings. The van der Waals surface area contributed by atoms with Crippen LogP contribution in [0.3, 0.4) is 0 Å². The van der Waals surface area contributed by atoms with Gasteiger partial charge < -0.3 is 5.32 Å². The first-order valence-electron chi connectivity index (χ1n) is 9.25. The average Bonchev–Trinajstić information content (AvgIpc) is 3.54. The fraction of sp³-hybridized carbons (Fsp3) is 0.136. The van der Waals surface area contributed by atoms with Crippen LogP contribution in [-0.2, 0) is 20.2 Å². The molecule has 8 heteroatoms. The van der Waals surface area contributed by atoms with Gasteiger partial charge in [0.05, 0.1) is 10.3 Å². The fourth-order valence-corrected chi connectivity index (χ4v) is 4.33. The summed E-state index contributed by atoms with van der Waals surface area (Å²) in [5, 5.41) is 2.87. The third kappa shape index (κ3) is 3.91. The average molecular weight is 428 g/mol. The Bertz CT molecular complexity index is 1190. The third-order valence-electron chi connectivity index (χ3n) is 5.11. The van der Waals surface area contributed by atoms with Crippen LogP contribution in [0, 0.1) is 11.6 Å². The van der Waals surface area contributed by atoms with E-state index in [-0.39, 0.29) is 11.6 Å². The largest absolute Gasteiger partial charge is 0.325 e. The second-order valence-electron chi connectivity index (χ2n) is 7.16. The Kier molecular flexibility index (Phi) is 5.03. The molecule has 1 saturated carbocycles. The van der Waals surface area contributed by atoms with Crippen molar-refractivity contribution in [2.75, 3.05) is 10.0 Å². The highest BCUT2D eigenvalue weighted by atomic mass is 32.2. The molecule has 1 aliphatic carbocycles. The van der Waals surface area contributed by atoms with Gasteiger partial charge in [-0.15, -0.1) is 0 Å². The first-order chi connectivity index (χ1) is 14.3. The Labute approximate surface area is 172 Å². The van der Waals surface area contributed by atoms with Crippen LogP contribution >= 0.6 is 0 Å². The lowest BCUT2D eigenvalue weighted by atomic mass is 9.95. The lowest BCUT2D eigenvalue weighted by Gasteiger charge is -2.16. The molecule has 0 aromatic heterocycles.